The molecule has 112 valence electrons. The van der Waals surface area contributed by atoms with Crippen LogP contribution in [0.1, 0.15) is 31.3 Å². The Kier molecular flexibility index (Phi) is 4.99. The van der Waals surface area contributed by atoms with Gasteiger partial charge in [0.15, 0.2) is 4.34 Å². The van der Waals surface area contributed by atoms with E-state index in [-0.39, 0.29) is 16.0 Å². The molecule has 21 heavy (non-hydrogen) atoms. The van der Waals surface area contributed by atoms with Crippen molar-refractivity contribution < 1.29 is 0 Å². The highest BCUT2D eigenvalue weighted by atomic mass is 32.2. The van der Waals surface area contributed by atoms with Crippen LogP contribution in [0.3, 0.4) is 0 Å². The maximum atomic E-state index is 5.12. The van der Waals surface area contributed by atoms with Gasteiger partial charge in [-0.3, -0.25) is 0 Å². The van der Waals surface area contributed by atoms with E-state index in [0.717, 1.165) is 15.7 Å². The zero-order valence-corrected chi connectivity index (χ0v) is 15.4. The Bertz CT molecular complexity index is 668. The van der Waals surface area contributed by atoms with Crippen molar-refractivity contribution in [1.29, 1.82) is 0 Å². The summed E-state index contributed by atoms with van der Waals surface area (Å²) < 4.78 is 4.03. The summed E-state index contributed by atoms with van der Waals surface area (Å²) in [5.41, 5.74) is 2.26. The fourth-order valence-corrected chi connectivity index (χ4v) is 5.27. The van der Waals surface area contributed by atoms with Gasteiger partial charge in [-0.15, -0.1) is 11.3 Å². The number of thiocarbonyl (C=S) groups is 1. The number of rotatable bonds is 3. The largest absolute Gasteiger partial charge is 0.380 e. The molecular weight excluding hydrogens is 316 g/mol. The topological polar surface area (TPSA) is 24.9 Å². The van der Waals surface area contributed by atoms with Crippen LogP contribution in [0.4, 0.5) is 5.69 Å². The standard InChI is InChI=1S/C16H20N2S3/c1-11-12(2)20-15(17-11)21(10-19)14-8-6-13(7-9-14)18-16(3,4)5/h6-9,18H,1-5H3. The van der Waals surface area contributed by atoms with Crippen LogP contribution in [0.15, 0.2) is 33.5 Å². The molecule has 1 N–H and O–H groups in total. The molecule has 0 aliphatic heterocycles. The summed E-state index contributed by atoms with van der Waals surface area (Å²) in [4.78, 5) is 7.04. The van der Waals surface area contributed by atoms with Crippen molar-refractivity contribution in [2.45, 2.75) is 49.4 Å². The van der Waals surface area contributed by atoms with E-state index in [9.17, 15) is 0 Å². The zero-order valence-electron chi connectivity index (χ0n) is 13.0. The van der Waals surface area contributed by atoms with E-state index in [1.54, 1.807) is 11.3 Å². The Hall–Kier alpha value is -1.00. The maximum Gasteiger partial charge on any atom is 0.157 e. The highest BCUT2D eigenvalue weighted by Gasteiger charge is 2.12. The van der Waals surface area contributed by atoms with Crippen LogP contribution in [-0.4, -0.2) is 14.8 Å². The van der Waals surface area contributed by atoms with E-state index >= 15 is 0 Å². The summed E-state index contributed by atoms with van der Waals surface area (Å²) in [7, 11) is -0.335. The average Bonchev–Trinajstić information content (AvgIpc) is 2.70. The molecule has 0 fully saturated rings. The first-order chi connectivity index (χ1) is 9.80. The summed E-state index contributed by atoms with van der Waals surface area (Å²) in [5, 5.41) is 3.46. The quantitative estimate of drug-likeness (QED) is 0.750. The number of anilines is 1. The monoisotopic (exact) mass is 336 g/mol. The summed E-state index contributed by atoms with van der Waals surface area (Å²) in [6.45, 7) is 10.6. The number of nitrogens with zero attached hydrogens (tertiary/aromatic N) is 1. The van der Waals surface area contributed by atoms with Crippen LogP contribution < -0.4 is 5.32 Å². The second kappa shape index (κ2) is 6.41. The molecule has 0 saturated carbocycles. The maximum absolute atomic E-state index is 5.12. The first-order valence-electron chi connectivity index (χ1n) is 6.74. The van der Waals surface area contributed by atoms with Gasteiger partial charge in [-0.25, -0.2) is 4.98 Å². The zero-order chi connectivity index (χ0) is 15.6. The van der Waals surface area contributed by atoms with Crippen LogP contribution in [0, 0.1) is 13.8 Å². The minimum atomic E-state index is -0.335. The number of aromatic nitrogens is 1. The third-order valence-electron chi connectivity index (χ3n) is 2.88. The summed E-state index contributed by atoms with van der Waals surface area (Å²) >= 11 is 6.84. The smallest absolute Gasteiger partial charge is 0.157 e. The molecule has 0 aliphatic carbocycles. The van der Waals surface area contributed by atoms with Crippen LogP contribution in [0.5, 0.6) is 0 Å². The van der Waals surface area contributed by atoms with Gasteiger partial charge in [0.1, 0.15) is 0 Å². The molecule has 0 saturated heterocycles. The first kappa shape index (κ1) is 16.4. The molecule has 1 atom stereocenters. The van der Waals surface area contributed by atoms with Crippen LogP contribution >= 0.6 is 34.0 Å². The van der Waals surface area contributed by atoms with E-state index in [1.807, 2.05) is 6.92 Å². The average molecular weight is 337 g/mol. The molecule has 2 nitrogen and oxygen atoms in total. The third-order valence-corrected chi connectivity index (χ3v) is 6.34. The molecule has 0 amide bonds. The van der Waals surface area contributed by atoms with Crippen molar-refractivity contribution >= 4 is 44.0 Å². The fraction of sp³-hybridized carbons (Fsp3) is 0.375. The number of thiazole rings is 1. The summed E-state index contributed by atoms with van der Waals surface area (Å²) in [6.07, 6.45) is 0. The Balaban J connectivity index is 2.30. The molecule has 1 aromatic heterocycles. The number of benzene rings is 1. The predicted molar refractivity (Wildman–Crippen MR) is 98.1 cm³/mol. The second-order valence-corrected chi connectivity index (χ2v) is 9.51. The van der Waals surface area contributed by atoms with Crippen molar-refractivity contribution in [2.24, 2.45) is 0 Å². The molecule has 0 radical (unpaired) electrons. The van der Waals surface area contributed by atoms with E-state index < -0.39 is 0 Å². The lowest BCUT2D eigenvalue weighted by molar-refractivity contribution is 0.634. The van der Waals surface area contributed by atoms with Gasteiger partial charge >= 0.3 is 0 Å². The number of nitrogens with one attached hydrogen (secondary N) is 1. The third kappa shape index (κ3) is 4.24. The molecule has 1 aromatic carbocycles. The first-order valence-corrected chi connectivity index (χ1v) is 9.19. The minimum absolute atomic E-state index is 0.0585. The van der Waals surface area contributed by atoms with Gasteiger partial charge in [0.2, 0.25) is 0 Å². The van der Waals surface area contributed by atoms with Gasteiger partial charge in [-0.2, -0.15) is 0 Å². The van der Waals surface area contributed by atoms with Crippen molar-refractivity contribution in [3.63, 3.8) is 0 Å². The predicted octanol–water partition coefficient (Wildman–Crippen LogP) is 5.49. The van der Waals surface area contributed by atoms with Crippen molar-refractivity contribution in [3.05, 3.63) is 34.8 Å². The summed E-state index contributed by atoms with van der Waals surface area (Å²) in [5.74, 6) is 0. The lowest BCUT2D eigenvalue weighted by Gasteiger charge is -2.22. The molecule has 0 spiro atoms. The Labute approximate surface area is 138 Å². The van der Waals surface area contributed by atoms with E-state index in [0.29, 0.717) is 0 Å². The fourth-order valence-electron chi connectivity index (χ4n) is 1.82. The van der Waals surface area contributed by atoms with Gasteiger partial charge in [-0.1, -0.05) is 0 Å². The van der Waals surface area contributed by atoms with Gasteiger partial charge in [0.05, 0.1) is 5.69 Å². The van der Waals surface area contributed by atoms with Crippen molar-refractivity contribution in [2.75, 3.05) is 5.32 Å². The molecule has 1 unspecified atom stereocenters. The van der Waals surface area contributed by atoms with Crippen molar-refractivity contribution in [1.82, 2.24) is 4.98 Å². The normalized spacial score (nSPS) is 12.8. The lowest BCUT2D eigenvalue weighted by atomic mass is 10.1. The van der Waals surface area contributed by atoms with Crippen LogP contribution in [0.2, 0.25) is 0 Å². The number of hydrogen-bond acceptors (Lipinski definition) is 4. The molecule has 0 aliphatic rings. The van der Waals surface area contributed by atoms with Crippen LogP contribution in [-0.2, 0) is 0 Å². The summed E-state index contributed by atoms with van der Waals surface area (Å²) in [6, 6.07) is 8.42. The van der Waals surface area contributed by atoms with Gasteiger partial charge in [0.25, 0.3) is 0 Å². The lowest BCUT2D eigenvalue weighted by Crippen LogP contribution is -2.25. The SMILES string of the molecule is Cc1nc(S(=C=S)c2ccc(NC(C)(C)C)cc2)sc1C. The number of aryl methyl sites for hydroxylation is 2. The molecule has 0 bridgehead atoms. The molecule has 1 heterocycles. The Morgan fingerprint density at radius 1 is 1.19 bits per heavy atom. The highest BCUT2D eigenvalue weighted by molar-refractivity contribution is 8.20. The van der Waals surface area contributed by atoms with E-state index in [1.165, 1.54) is 9.77 Å². The second-order valence-electron chi connectivity index (χ2n) is 5.91. The van der Waals surface area contributed by atoms with E-state index in [2.05, 4.69) is 66.6 Å². The minimum Gasteiger partial charge on any atom is -0.380 e. The van der Waals surface area contributed by atoms with Crippen LogP contribution in [0.25, 0.3) is 0 Å². The molecule has 2 rings (SSSR count). The van der Waals surface area contributed by atoms with Gasteiger partial charge in [-0.05, 0) is 85.9 Å². The Morgan fingerprint density at radius 3 is 2.24 bits per heavy atom. The Morgan fingerprint density at radius 2 is 1.81 bits per heavy atom. The van der Waals surface area contributed by atoms with Gasteiger partial charge in [0, 0.05) is 21.0 Å². The molecular formula is C16H20N2S3. The van der Waals surface area contributed by atoms with E-state index in [4.69, 9.17) is 12.2 Å². The molecule has 2 aromatic rings. The molecule has 5 heteroatoms. The number of hydrogen-bond donors (Lipinski definition) is 1. The highest BCUT2D eigenvalue weighted by Crippen LogP contribution is 2.38. The van der Waals surface area contributed by atoms with Crippen molar-refractivity contribution in [3.8, 4) is 0 Å². The van der Waals surface area contributed by atoms with Gasteiger partial charge < -0.3 is 5.32 Å².